The van der Waals surface area contributed by atoms with Gasteiger partial charge in [0.15, 0.2) is 0 Å². The molecule has 1 aromatic carbocycles. The molecule has 1 atom stereocenters. The first-order valence-corrected chi connectivity index (χ1v) is 6.50. The minimum atomic E-state index is -0.0682. The largest absolute Gasteiger partial charge is 0.345 e. The monoisotopic (exact) mass is 257 g/mol. The van der Waals surface area contributed by atoms with E-state index in [1.54, 1.807) is 10.9 Å². The average molecular weight is 257 g/mol. The van der Waals surface area contributed by atoms with Crippen molar-refractivity contribution in [3.05, 3.63) is 53.3 Å². The number of rotatable bonds is 4. The molecule has 1 amide bonds. The van der Waals surface area contributed by atoms with E-state index in [4.69, 9.17) is 0 Å². The Hall–Kier alpha value is -2.10. The molecule has 0 aliphatic carbocycles. The highest BCUT2D eigenvalue weighted by atomic mass is 16.1. The summed E-state index contributed by atoms with van der Waals surface area (Å²) in [7, 11) is 1.86. The Labute approximate surface area is 113 Å². The van der Waals surface area contributed by atoms with Gasteiger partial charge in [-0.15, -0.1) is 0 Å². The smallest absolute Gasteiger partial charge is 0.255 e. The van der Waals surface area contributed by atoms with Crippen molar-refractivity contribution in [2.24, 2.45) is 7.05 Å². The van der Waals surface area contributed by atoms with Crippen molar-refractivity contribution in [1.82, 2.24) is 15.1 Å². The first-order chi connectivity index (χ1) is 9.13. The van der Waals surface area contributed by atoms with Gasteiger partial charge in [-0.05, 0) is 18.9 Å². The molecule has 2 rings (SSSR count). The van der Waals surface area contributed by atoms with Gasteiger partial charge < -0.3 is 5.32 Å². The van der Waals surface area contributed by atoms with E-state index in [9.17, 15) is 4.79 Å². The summed E-state index contributed by atoms with van der Waals surface area (Å²) in [6.07, 6.45) is 2.42. The maximum atomic E-state index is 12.3. The van der Waals surface area contributed by atoms with E-state index in [0.29, 0.717) is 5.56 Å². The lowest BCUT2D eigenvalue weighted by molar-refractivity contribution is 0.0939. The third kappa shape index (κ3) is 2.84. The molecule has 100 valence electrons. The molecule has 0 bridgehead atoms. The SMILES string of the molecule is CCc1c(C(=O)NC(C)c2ccccc2)cnn1C. The van der Waals surface area contributed by atoms with Gasteiger partial charge in [0.2, 0.25) is 0 Å². The summed E-state index contributed by atoms with van der Waals surface area (Å²) in [4.78, 5) is 12.3. The Balaban J connectivity index is 2.13. The van der Waals surface area contributed by atoms with Gasteiger partial charge in [-0.25, -0.2) is 0 Å². The van der Waals surface area contributed by atoms with E-state index in [-0.39, 0.29) is 11.9 Å². The van der Waals surface area contributed by atoms with Crippen LogP contribution in [-0.4, -0.2) is 15.7 Å². The normalized spacial score (nSPS) is 12.2. The van der Waals surface area contributed by atoms with E-state index in [2.05, 4.69) is 10.4 Å². The number of nitrogens with one attached hydrogen (secondary N) is 1. The Bertz CT molecular complexity index is 560. The molecule has 1 aromatic heterocycles. The van der Waals surface area contributed by atoms with Crippen LogP contribution in [0.2, 0.25) is 0 Å². The Kier molecular flexibility index (Phi) is 4.00. The van der Waals surface area contributed by atoms with Crippen LogP contribution in [0.4, 0.5) is 0 Å². The van der Waals surface area contributed by atoms with E-state index in [1.807, 2.05) is 51.2 Å². The minimum Gasteiger partial charge on any atom is -0.345 e. The second kappa shape index (κ2) is 5.69. The van der Waals surface area contributed by atoms with Crippen molar-refractivity contribution >= 4 is 5.91 Å². The number of hydrogen-bond acceptors (Lipinski definition) is 2. The summed E-state index contributed by atoms with van der Waals surface area (Å²) in [6.45, 7) is 4.00. The zero-order valence-electron chi connectivity index (χ0n) is 11.6. The number of nitrogens with zero attached hydrogens (tertiary/aromatic N) is 2. The summed E-state index contributed by atoms with van der Waals surface area (Å²) in [5, 5.41) is 7.15. The third-order valence-electron chi connectivity index (χ3n) is 3.29. The first kappa shape index (κ1) is 13.3. The fourth-order valence-corrected chi connectivity index (χ4v) is 2.17. The second-order valence-corrected chi connectivity index (χ2v) is 4.59. The Morgan fingerprint density at radius 2 is 2.05 bits per heavy atom. The van der Waals surface area contributed by atoms with Crippen molar-refractivity contribution in [1.29, 1.82) is 0 Å². The lowest BCUT2D eigenvalue weighted by Gasteiger charge is -2.14. The quantitative estimate of drug-likeness (QED) is 0.914. The molecule has 0 aliphatic rings. The van der Waals surface area contributed by atoms with Gasteiger partial charge in [0.05, 0.1) is 23.5 Å². The molecule has 0 aliphatic heterocycles. The molecule has 0 radical (unpaired) electrons. The maximum absolute atomic E-state index is 12.3. The molecule has 2 aromatic rings. The van der Waals surface area contributed by atoms with Crippen LogP contribution < -0.4 is 5.32 Å². The molecule has 0 saturated carbocycles. The number of hydrogen-bond donors (Lipinski definition) is 1. The molecule has 0 spiro atoms. The van der Waals surface area contributed by atoms with Crippen molar-refractivity contribution < 1.29 is 4.79 Å². The molecule has 0 fully saturated rings. The van der Waals surface area contributed by atoms with Crippen molar-refractivity contribution in [3.8, 4) is 0 Å². The van der Waals surface area contributed by atoms with Gasteiger partial charge in [-0.3, -0.25) is 9.48 Å². The summed E-state index contributed by atoms with van der Waals surface area (Å²) in [5.74, 6) is -0.0682. The van der Waals surface area contributed by atoms with Crippen LogP contribution in [0.25, 0.3) is 0 Å². The van der Waals surface area contributed by atoms with Crippen LogP contribution >= 0.6 is 0 Å². The molecule has 1 N–H and O–H groups in total. The van der Waals surface area contributed by atoms with E-state index in [0.717, 1.165) is 17.7 Å². The van der Waals surface area contributed by atoms with Crippen molar-refractivity contribution in [2.45, 2.75) is 26.3 Å². The maximum Gasteiger partial charge on any atom is 0.255 e. The molecule has 1 heterocycles. The zero-order chi connectivity index (χ0) is 13.8. The van der Waals surface area contributed by atoms with Crippen LogP contribution in [0, 0.1) is 0 Å². The highest BCUT2D eigenvalue weighted by Crippen LogP contribution is 2.14. The van der Waals surface area contributed by atoms with Gasteiger partial charge in [-0.1, -0.05) is 37.3 Å². The molecular weight excluding hydrogens is 238 g/mol. The number of carbonyl (C=O) groups excluding carboxylic acids is 1. The number of amides is 1. The van der Waals surface area contributed by atoms with Gasteiger partial charge in [0, 0.05) is 7.05 Å². The summed E-state index contributed by atoms with van der Waals surface area (Å²) >= 11 is 0. The van der Waals surface area contributed by atoms with Gasteiger partial charge >= 0.3 is 0 Å². The van der Waals surface area contributed by atoms with Crippen LogP contribution in [0.5, 0.6) is 0 Å². The molecule has 4 heteroatoms. The summed E-state index contributed by atoms with van der Waals surface area (Å²) < 4.78 is 1.75. The van der Waals surface area contributed by atoms with Crippen molar-refractivity contribution in [2.75, 3.05) is 0 Å². The average Bonchev–Trinajstić information content (AvgIpc) is 2.80. The Morgan fingerprint density at radius 3 is 2.68 bits per heavy atom. The molecular formula is C15H19N3O. The fourth-order valence-electron chi connectivity index (χ4n) is 2.17. The highest BCUT2D eigenvalue weighted by molar-refractivity contribution is 5.95. The minimum absolute atomic E-state index is 0.0152. The third-order valence-corrected chi connectivity index (χ3v) is 3.29. The van der Waals surface area contributed by atoms with E-state index < -0.39 is 0 Å². The van der Waals surface area contributed by atoms with E-state index >= 15 is 0 Å². The van der Waals surface area contributed by atoms with Crippen LogP contribution in [0.3, 0.4) is 0 Å². The lowest BCUT2D eigenvalue weighted by atomic mass is 10.1. The second-order valence-electron chi connectivity index (χ2n) is 4.59. The molecule has 19 heavy (non-hydrogen) atoms. The topological polar surface area (TPSA) is 46.9 Å². The number of aromatic nitrogens is 2. The van der Waals surface area contributed by atoms with Gasteiger partial charge in [0.1, 0.15) is 0 Å². The summed E-state index contributed by atoms with van der Waals surface area (Å²) in [6, 6.07) is 9.91. The van der Waals surface area contributed by atoms with Crippen LogP contribution in [-0.2, 0) is 13.5 Å². The highest BCUT2D eigenvalue weighted by Gasteiger charge is 2.16. The molecule has 4 nitrogen and oxygen atoms in total. The van der Waals surface area contributed by atoms with Crippen LogP contribution in [0.1, 0.15) is 41.5 Å². The van der Waals surface area contributed by atoms with Crippen molar-refractivity contribution in [3.63, 3.8) is 0 Å². The predicted molar refractivity (Wildman–Crippen MR) is 74.9 cm³/mol. The van der Waals surface area contributed by atoms with Gasteiger partial charge in [0.25, 0.3) is 5.91 Å². The zero-order valence-corrected chi connectivity index (χ0v) is 11.6. The standard InChI is InChI=1S/C15H19N3O/c1-4-14-13(10-16-18(14)3)15(19)17-11(2)12-8-6-5-7-9-12/h5-11H,4H2,1-3H3,(H,17,19). The Morgan fingerprint density at radius 1 is 1.37 bits per heavy atom. The van der Waals surface area contributed by atoms with E-state index in [1.165, 1.54) is 0 Å². The van der Waals surface area contributed by atoms with Crippen LogP contribution in [0.15, 0.2) is 36.5 Å². The lowest BCUT2D eigenvalue weighted by Crippen LogP contribution is -2.27. The molecule has 0 saturated heterocycles. The number of aryl methyl sites for hydroxylation is 1. The predicted octanol–water partition coefficient (Wildman–Crippen LogP) is 2.47. The number of benzene rings is 1. The van der Waals surface area contributed by atoms with Gasteiger partial charge in [-0.2, -0.15) is 5.10 Å². The number of carbonyl (C=O) groups is 1. The molecule has 1 unspecified atom stereocenters. The fraction of sp³-hybridized carbons (Fsp3) is 0.333. The summed E-state index contributed by atoms with van der Waals surface area (Å²) in [5.41, 5.74) is 2.71. The first-order valence-electron chi connectivity index (χ1n) is 6.50.